The van der Waals surface area contributed by atoms with Crippen LogP contribution in [0.4, 0.5) is 0 Å². The van der Waals surface area contributed by atoms with E-state index in [2.05, 4.69) is 4.74 Å². The summed E-state index contributed by atoms with van der Waals surface area (Å²) >= 11 is 0. The Morgan fingerprint density at radius 2 is 1.88 bits per heavy atom. The quantitative estimate of drug-likeness (QED) is 0.674. The van der Waals surface area contributed by atoms with Gasteiger partial charge in [-0.05, 0) is 20.3 Å². The third-order valence-electron chi connectivity index (χ3n) is 2.02. The third-order valence-corrected chi connectivity index (χ3v) is 2.02. The predicted molar refractivity (Wildman–Crippen MR) is 61.8 cm³/mol. The van der Waals surface area contributed by atoms with Crippen LogP contribution in [0.25, 0.3) is 0 Å². The Kier molecular flexibility index (Phi) is 11.5. The third kappa shape index (κ3) is 9.61. The topological polar surface area (TPSA) is 89.6 Å². The molecule has 5 heteroatoms. The molecule has 5 nitrogen and oxygen atoms in total. The Balaban J connectivity index is 0. The number of carbonyl (C=O) groups is 2. The van der Waals surface area contributed by atoms with Gasteiger partial charge >= 0.3 is 5.97 Å². The van der Waals surface area contributed by atoms with Crippen LogP contribution in [0.15, 0.2) is 0 Å². The first-order valence-corrected chi connectivity index (χ1v) is 5.36. The second-order valence-electron chi connectivity index (χ2n) is 3.57. The number of carbonyl (C=O) groups excluding carboxylic acids is 2. The van der Waals surface area contributed by atoms with Crippen LogP contribution in [0.5, 0.6) is 0 Å². The molecule has 96 valence electrons. The number of aliphatic hydroxyl groups excluding tert-OH is 1. The van der Waals surface area contributed by atoms with E-state index in [-0.39, 0.29) is 18.3 Å². The van der Waals surface area contributed by atoms with Gasteiger partial charge in [-0.1, -0.05) is 13.3 Å². The molecule has 16 heavy (non-hydrogen) atoms. The van der Waals surface area contributed by atoms with E-state index in [1.807, 2.05) is 6.92 Å². The lowest BCUT2D eigenvalue weighted by atomic mass is 10.0. The highest BCUT2D eigenvalue weighted by Gasteiger charge is 2.21. The fourth-order valence-electron chi connectivity index (χ4n) is 0.889. The molecule has 0 aliphatic carbocycles. The molecule has 0 saturated heterocycles. The standard InChI is InChI=1S/C8H16O3.C3H7NO/c1-4-5-7(9)6(2)8(10)11-3;1-3(5)2-4/h6-7,9H,4-5H2,1-3H3;2,4H2,1H3. The molecule has 0 saturated carbocycles. The van der Waals surface area contributed by atoms with Crippen molar-refractivity contribution in [3.63, 3.8) is 0 Å². The molecule has 0 rings (SSSR count). The molecule has 0 aromatic rings. The molecule has 0 bridgehead atoms. The number of hydrogen-bond acceptors (Lipinski definition) is 5. The average Bonchev–Trinajstić information content (AvgIpc) is 2.28. The molecule has 0 aromatic heterocycles. The Morgan fingerprint density at radius 3 is 2.12 bits per heavy atom. The van der Waals surface area contributed by atoms with Crippen LogP contribution in [0.3, 0.4) is 0 Å². The lowest BCUT2D eigenvalue weighted by Crippen LogP contribution is -2.26. The Labute approximate surface area is 97.0 Å². The van der Waals surface area contributed by atoms with Crippen molar-refractivity contribution in [1.29, 1.82) is 0 Å². The maximum atomic E-state index is 10.8. The normalized spacial score (nSPS) is 13.1. The summed E-state index contributed by atoms with van der Waals surface area (Å²) in [6.07, 6.45) is 0.964. The number of nitrogens with two attached hydrogens (primary N) is 1. The zero-order valence-corrected chi connectivity index (χ0v) is 10.5. The van der Waals surface area contributed by atoms with Gasteiger partial charge in [-0.25, -0.2) is 0 Å². The number of ketones is 1. The van der Waals surface area contributed by atoms with Gasteiger partial charge in [0.05, 0.1) is 25.7 Å². The van der Waals surface area contributed by atoms with E-state index in [0.29, 0.717) is 6.42 Å². The van der Waals surface area contributed by atoms with Gasteiger partial charge in [0.1, 0.15) is 5.78 Å². The molecule has 0 heterocycles. The molecule has 2 atom stereocenters. The van der Waals surface area contributed by atoms with E-state index in [9.17, 15) is 14.7 Å². The van der Waals surface area contributed by atoms with Crippen molar-refractivity contribution in [2.75, 3.05) is 13.7 Å². The predicted octanol–water partition coefficient (Wildman–Crippen LogP) is 0.491. The highest BCUT2D eigenvalue weighted by molar-refractivity contribution is 5.77. The van der Waals surface area contributed by atoms with Crippen molar-refractivity contribution in [2.24, 2.45) is 11.7 Å². The number of hydrogen-bond donors (Lipinski definition) is 2. The zero-order chi connectivity index (χ0) is 13.1. The van der Waals surface area contributed by atoms with E-state index in [4.69, 9.17) is 5.73 Å². The second-order valence-corrected chi connectivity index (χ2v) is 3.57. The Morgan fingerprint density at radius 1 is 1.44 bits per heavy atom. The van der Waals surface area contributed by atoms with Gasteiger partial charge in [-0.15, -0.1) is 0 Å². The minimum absolute atomic E-state index is 0.0324. The molecule has 0 aromatic carbocycles. The van der Waals surface area contributed by atoms with Gasteiger partial charge in [0.15, 0.2) is 0 Å². The van der Waals surface area contributed by atoms with Gasteiger partial charge in [0.2, 0.25) is 0 Å². The highest BCUT2D eigenvalue weighted by atomic mass is 16.5. The van der Waals surface area contributed by atoms with Gasteiger partial charge in [-0.3, -0.25) is 9.59 Å². The van der Waals surface area contributed by atoms with Gasteiger partial charge in [0.25, 0.3) is 0 Å². The number of rotatable bonds is 5. The SMILES string of the molecule is CC(=O)CN.CCCC(O)C(C)C(=O)OC. The van der Waals surface area contributed by atoms with Crippen molar-refractivity contribution in [1.82, 2.24) is 0 Å². The molecule has 0 radical (unpaired) electrons. The summed E-state index contributed by atoms with van der Waals surface area (Å²) < 4.78 is 4.48. The van der Waals surface area contributed by atoms with Crippen LogP contribution in [-0.4, -0.2) is 36.6 Å². The molecule has 3 N–H and O–H groups in total. The van der Waals surface area contributed by atoms with E-state index in [0.717, 1.165) is 6.42 Å². The molecular formula is C11H23NO4. The summed E-state index contributed by atoms with van der Waals surface area (Å²) in [4.78, 5) is 20.5. The van der Waals surface area contributed by atoms with Crippen LogP contribution in [0.2, 0.25) is 0 Å². The Bertz CT molecular complexity index is 206. The van der Waals surface area contributed by atoms with Gasteiger partial charge in [-0.2, -0.15) is 0 Å². The first kappa shape index (κ1) is 17.5. The van der Waals surface area contributed by atoms with Crippen LogP contribution in [0.1, 0.15) is 33.6 Å². The molecule has 0 aliphatic heterocycles. The van der Waals surface area contributed by atoms with Crippen LogP contribution < -0.4 is 5.73 Å². The summed E-state index contributed by atoms with van der Waals surface area (Å²) in [5.74, 6) is -0.712. The number of esters is 1. The second kappa shape index (κ2) is 10.6. The summed E-state index contributed by atoms with van der Waals surface area (Å²) in [7, 11) is 1.33. The molecule has 0 fully saturated rings. The molecule has 0 spiro atoms. The first-order chi connectivity index (χ1) is 7.40. The summed E-state index contributed by atoms with van der Waals surface area (Å²) in [5.41, 5.74) is 4.82. The maximum absolute atomic E-state index is 10.8. The van der Waals surface area contributed by atoms with E-state index in [1.165, 1.54) is 14.0 Å². The lowest BCUT2D eigenvalue weighted by Gasteiger charge is -2.15. The smallest absolute Gasteiger partial charge is 0.311 e. The summed E-state index contributed by atoms with van der Waals surface area (Å²) in [6, 6.07) is 0. The fourth-order valence-corrected chi connectivity index (χ4v) is 0.889. The summed E-state index contributed by atoms with van der Waals surface area (Å²) in [6.45, 7) is 5.26. The van der Waals surface area contributed by atoms with Crippen molar-refractivity contribution in [3.8, 4) is 0 Å². The Hall–Kier alpha value is -0.940. The summed E-state index contributed by atoms with van der Waals surface area (Å²) in [5, 5.41) is 9.32. The molecular weight excluding hydrogens is 210 g/mol. The van der Waals surface area contributed by atoms with Crippen molar-refractivity contribution >= 4 is 11.8 Å². The van der Waals surface area contributed by atoms with E-state index >= 15 is 0 Å². The zero-order valence-electron chi connectivity index (χ0n) is 10.5. The number of ether oxygens (including phenoxy) is 1. The van der Waals surface area contributed by atoms with Crippen LogP contribution in [0, 0.1) is 5.92 Å². The first-order valence-electron chi connectivity index (χ1n) is 5.36. The van der Waals surface area contributed by atoms with E-state index < -0.39 is 12.0 Å². The largest absolute Gasteiger partial charge is 0.469 e. The number of methoxy groups -OCH3 is 1. The van der Waals surface area contributed by atoms with Crippen molar-refractivity contribution < 1.29 is 19.4 Å². The fraction of sp³-hybridized carbons (Fsp3) is 0.818. The van der Waals surface area contributed by atoms with Gasteiger partial charge < -0.3 is 15.6 Å². The minimum Gasteiger partial charge on any atom is -0.469 e. The van der Waals surface area contributed by atoms with E-state index in [1.54, 1.807) is 6.92 Å². The monoisotopic (exact) mass is 233 g/mol. The lowest BCUT2D eigenvalue weighted by molar-refractivity contribution is -0.148. The number of Topliss-reactive ketones (excluding diaryl/α,β-unsaturated/α-hetero) is 1. The van der Waals surface area contributed by atoms with Crippen LogP contribution >= 0.6 is 0 Å². The molecule has 0 aliphatic rings. The van der Waals surface area contributed by atoms with Crippen LogP contribution in [-0.2, 0) is 14.3 Å². The maximum Gasteiger partial charge on any atom is 0.311 e. The van der Waals surface area contributed by atoms with Crippen molar-refractivity contribution in [2.45, 2.75) is 39.7 Å². The van der Waals surface area contributed by atoms with Crippen molar-refractivity contribution in [3.05, 3.63) is 0 Å². The molecule has 2 unspecified atom stereocenters. The molecule has 0 amide bonds. The minimum atomic E-state index is -0.563. The van der Waals surface area contributed by atoms with Gasteiger partial charge in [0, 0.05) is 0 Å². The highest BCUT2D eigenvalue weighted by Crippen LogP contribution is 2.09. The average molecular weight is 233 g/mol. The number of aliphatic hydroxyl groups is 1.